The van der Waals surface area contributed by atoms with Crippen molar-refractivity contribution < 1.29 is 9.59 Å². The van der Waals surface area contributed by atoms with Gasteiger partial charge >= 0.3 is 6.03 Å². The van der Waals surface area contributed by atoms with Crippen LogP contribution in [0.25, 0.3) is 6.08 Å². The molecule has 2 heterocycles. The summed E-state index contributed by atoms with van der Waals surface area (Å²) in [6, 6.07) is 10.0. The molecule has 134 valence electrons. The first-order chi connectivity index (χ1) is 12.6. The number of hydrogen-bond donors (Lipinski definition) is 1. The second-order valence-corrected chi connectivity index (χ2v) is 7.20. The van der Waals surface area contributed by atoms with Crippen molar-refractivity contribution in [1.29, 1.82) is 0 Å². The second-order valence-electron chi connectivity index (χ2n) is 7.20. The van der Waals surface area contributed by atoms with E-state index in [9.17, 15) is 9.59 Å². The normalized spacial score (nSPS) is 19.6. The predicted molar refractivity (Wildman–Crippen MR) is 100 cm³/mol. The van der Waals surface area contributed by atoms with Gasteiger partial charge in [0.1, 0.15) is 5.70 Å². The van der Waals surface area contributed by atoms with E-state index >= 15 is 0 Å². The summed E-state index contributed by atoms with van der Waals surface area (Å²) in [6.45, 7) is 2.29. The van der Waals surface area contributed by atoms with E-state index in [2.05, 4.69) is 22.3 Å². The first-order valence-electron chi connectivity index (χ1n) is 9.18. The molecule has 0 spiro atoms. The predicted octanol–water partition coefficient (Wildman–Crippen LogP) is 4.00. The maximum atomic E-state index is 12.6. The van der Waals surface area contributed by atoms with Gasteiger partial charge in [-0.3, -0.25) is 9.69 Å². The van der Waals surface area contributed by atoms with Crippen LogP contribution in [0.2, 0.25) is 0 Å². The number of amides is 3. The standard InChI is InChI=1S/C21H23N3O2/c1-15-6-8-16(9-7-15)14-24-20(25)19(22-21(24)26)12-17-10-11-23(13-17)18-4-2-3-5-18/h6-13,18H,2-5,14H2,1H3,(H,22,26)/b19-12+. The van der Waals surface area contributed by atoms with Gasteiger partial charge < -0.3 is 9.88 Å². The molecule has 0 unspecified atom stereocenters. The van der Waals surface area contributed by atoms with Crippen LogP contribution in [0.3, 0.4) is 0 Å². The summed E-state index contributed by atoms with van der Waals surface area (Å²) in [6.07, 6.45) is 10.9. The molecule has 2 aliphatic rings. The zero-order valence-electron chi connectivity index (χ0n) is 14.9. The highest BCUT2D eigenvalue weighted by Gasteiger charge is 2.33. The van der Waals surface area contributed by atoms with Gasteiger partial charge in [-0.25, -0.2) is 4.79 Å². The number of nitrogens with one attached hydrogen (secondary N) is 1. The molecule has 5 heteroatoms. The van der Waals surface area contributed by atoms with E-state index in [1.807, 2.05) is 37.3 Å². The average Bonchev–Trinajstić information content (AvgIpc) is 3.35. The average molecular weight is 349 g/mol. The third kappa shape index (κ3) is 3.29. The lowest BCUT2D eigenvalue weighted by Gasteiger charge is -2.11. The third-order valence-corrected chi connectivity index (χ3v) is 5.22. The molecular formula is C21H23N3O2. The molecule has 1 N–H and O–H groups in total. The third-order valence-electron chi connectivity index (χ3n) is 5.22. The largest absolute Gasteiger partial charge is 0.351 e. The summed E-state index contributed by atoms with van der Waals surface area (Å²) in [5.74, 6) is -0.274. The van der Waals surface area contributed by atoms with Crippen LogP contribution in [0.15, 0.2) is 48.4 Å². The second kappa shape index (κ2) is 6.83. The molecule has 1 aliphatic carbocycles. The summed E-state index contributed by atoms with van der Waals surface area (Å²) in [4.78, 5) is 26.1. The highest BCUT2D eigenvalue weighted by molar-refractivity contribution is 6.13. The van der Waals surface area contributed by atoms with E-state index in [-0.39, 0.29) is 18.5 Å². The lowest BCUT2D eigenvalue weighted by Crippen LogP contribution is -2.30. The van der Waals surface area contributed by atoms with Crippen LogP contribution < -0.4 is 5.32 Å². The van der Waals surface area contributed by atoms with E-state index in [1.54, 1.807) is 6.08 Å². The van der Waals surface area contributed by atoms with Crippen molar-refractivity contribution in [3.05, 3.63) is 65.1 Å². The number of carbonyl (C=O) groups is 2. The Hall–Kier alpha value is -2.82. The molecular weight excluding hydrogens is 326 g/mol. The highest BCUT2D eigenvalue weighted by atomic mass is 16.2. The first-order valence-corrected chi connectivity index (χ1v) is 9.18. The van der Waals surface area contributed by atoms with Crippen LogP contribution in [-0.4, -0.2) is 21.4 Å². The zero-order chi connectivity index (χ0) is 18.1. The number of rotatable bonds is 4. The molecule has 3 amide bonds. The molecule has 26 heavy (non-hydrogen) atoms. The van der Waals surface area contributed by atoms with Gasteiger partial charge in [-0.05, 0) is 43.0 Å². The maximum Gasteiger partial charge on any atom is 0.329 e. The Bertz CT molecular complexity index is 858. The lowest BCUT2D eigenvalue weighted by molar-refractivity contribution is -0.123. The Kier molecular flexibility index (Phi) is 4.37. The van der Waals surface area contributed by atoms with E-state index in [1.165, 1.54) is 30.6 Å². The van der Waals surface area contributed by atoms with Crippen molar-refractivity contribution in [2.24, 2.45) is 0 Å². The quantitative estimate of drug-likeness (QED) is 0.670. The van der Waals surface area contributed by atoms with Crippen LogP contribution >= 0.6 is 0 Å². The minimum Gasteiger partial charge on any atom is -0.351 e. The number of imide groups is 1. The number of aromatic nitrogens is 1. The Morgan fingerprint density at radius 3 is 2.58 bits per heavy atom. The Balaban J connectivity index is 1.49. The summed E-state index contributed by atoms with van der Waals surface area (Å²) >= 11 is 0. The monoisotopic (exact) mass is 349 g/mol. The number of benzene rings is 1. The lowest BCUT2D eigenvalue weighted by atomic mass is 10.1. The molecule has 0 bridgehead atoms. The van der Waals surface area contributed by atoms with E-state index in [4.69, 9.17) is 0 Å². The molecule has 1 saturated carbocycles. The molecule has 1 aromatic carbocycles. The number of urea groups is 1. The summed E-state index contributed by atoms with van der Waals surface area (Å²) in [5.41, 5.74) is 3.37. The summed E-state index contributed by atoms with van der Waals surface area (Å²) < 4.78 is 2.23. The van der Waals surface area contributed by atoms with Gasteiger partial charge in [0.2, 0.25) is 0 Å². The fourth-order valence-electron chi connectivity index (χ4n) is 3.70. The fourth-order valence-corrected chi connectivity index (χ4v) is 3.70. The smallest absolute Gasteiger partial charge is 0.329 e. The highest BCUT2D eigenvalue weighted by Crippen LogP contribution is 2.30. The molecule has 2 aromatic rings. The molecule has 1 aliphatic heterocycles. The summed E-state index contributed by atoms with van der Waals surface area (Å²) in [7, 11) is 0. The molecule has 2 fully saturated rings. The molecule has 1 saturated heterocycles. The number of nitrogens with zero attached hydrogens (tertiary/aromatic N) is 2. The van der Waals surface area contributed by atoms with Crippen molar-refractivity contribution in [3.63, 3.8) is 0 Å². The van der Waals surface area contributed by atoms with Gasteiger partial charge in [0.15, 0.2) is 0 Å². The molecule has 1 aromatic heterocycles. The molecule has 5 nitrogen and oxygen atoms in total. The van der Waals surface area contributed by atoms with Crippen molar-refractivity contribution in [3.8, 4) is 0 Å². The number of carbonyl (C=O) groups excluding carboxylic acids is 2. The van der Waals surface area contributed by atoms with Gasteiger partial charge in [0.05, 0.1) is 6.54 Å². The van der Waals surface area contributed by atoms with Gasteiger partial charge in [0, 0.05) is 18.4 Å². The van der Waals surface area contributed by atoms with Crippen LogP contribution in [0, 0.1) is 6.92 Å². The van der Waals surface area contributed by atoms with Crippen molar-refractivity contribution in [1.82, 2.24) is 14.8 Å². The van der Waals surface area contributed by atoms with Crippen LogP contribution in [0.5, 0.6) is 0 Å². The van der Waals surface area contributed by atoms with Gasteiger partial charge in [-0.2, -0.15) is 0 Å². The topological polar surface area (TPSA) is 54.3 Å². The SMILES string of the molecule is Cc1ccc(CN2C(=O)N/C(=C/c3ccn(C4CCCC4)c3)C2=O)cc1. The first kappa shape index (κ1) is 16.6. The van der Waals surface area contributed by atoms with Crippen molar-refractivity contribution in [2.45, 2.75) is 45.2 Å². The van der Waals surface area contributed by atoms with Crippen LogP contribution in [0.4, 0.5) is 4.79 Å². The zero-order valence-corrected chi connectivity index (χ0v) is 14.9. The molecule has 4 rings (SSSR count). The fraction of sp³-hybridized carbons (Fsp3) is 0.333. The van der Waals surface area contributed by atoms with Crippen molar-refractivity contribution >= 4 is 18.0 Å². The maximum absolute atomic E-state index is 12.6. The van der Waals surface area contributed by atoms with Crippen LogP contribution in [-0.2, 0) is 11.3 Å². The number of aryl methyl sites for hydroxylation is 1. The van der Waals surface area contributed by atoms with Gasteiger partial charge in [-0.15, -0.1) is 0 Å². The Morgan fingerprint density at radius 1 is 1.12 bits per heavy atom. The molecule has 0 radical (unpaired) electrons. The van der Waals surface area contributed by atoms with E-state index < -0.39 is 0 Å². The van der Waals surface area contributed by atoms with E-state index in [0.29, 0.717) is 11.7 Å². The van der Waals surface area contributed by atoms with Crippen LogP contribution in [0.1, 0.15) is 48.4 Å². The minimum absolute atomic E-state index is 0.274. The van der Waals surface area contributed by atoms with Gasteiger partial charge in [-0.1, -0.05) is 42.7 Å². The summed E-state index contributed by atoms with van der Waals surface area (Å²) in [5, 5.41) is 2.70. The molecule has 0 atom stereocenters. The Morgan fingerprint density at radius 2 is 1.85 bits per heavy atom. The minimum atomic E-state index is -0.364. The Labute approximate surface area is 153 Å². The van der Waals surface area contributed by atoms with Gasteiger partial charge in [0.25, 0.3) is 5.91 Å². The van der Waals surface area contributed by atoms with E-state index in [0.717, 1.165) is 16.7 Å². The van der Waals surface area contributed by atoms with Crippen molar-refractivity contribution in [2.75, 3.05) is 0 Å². The number of hydrogen-bond acceptors (Lipinski definition) is 2.